The van der Waals surface area contributed by atoms with Gasteiger partial charge in [-0.1, -0.05) is 6.07 Å². The Morgan fingerprint density at radius 3 is 2.27 bits per heavy atom. The highest BCUT2D eigenvalue weighted by atomic mass is 16.5. The molecule has 1 N–H and O–H groups in total. The van der Waals surface area contributed by atoms with E-state index in [1.165, 1.54) is 4.90 Å². The van der Waals surface area contributed by atoms with E-state index in [2.05, 4.69) is 5.32 Å². The Hall–Kier alpha value is -3.22. The fraction of sp³-hybridized carbons (Fsp3) is 0.391. The molecule has 0 atom stereocenters. The van der Waals surface area contributed by atoms with E-state index >= 15 is 0 Å². The molecule has 2 rings (SSSR count). The SMILES string of the molecule is CCOc1ccc(NC(=O)CN(C)C(=O)COc2ccc(C)c(C)c2)cc1OCC. The lowest BCUT2D eigenvalue weighted by atomic mass is 10.1. The molecule has 0 unspecified atom stereocenters. The van der Waals surface area contributed by atoms with E-state index < -0.39 is 0 Å². The zero-order valence-electron chi connectivity index (χ0n) is 18.3. The maximum Gasteiger partial charge on any atom is 0.260 e. The fourth-order valence-electron chi connectivity index (χ4n) is 2.69. The number of hydrogen-bond acceptors (Lipinski definition) is 5. The predicted octanol–water partition coefficient (Wildman–Crippen LogP) is 3.58. The Kier molecular flexibility index (Phi) is 8.53. The van der Waals surface area contributed by atoms with Crippen LogP contribution in [-0.2, 0) is 9.59 Å². The molecule has 0 saturated carbocycles. The van der Waals surface area contributed by atoms with Crippen LogP contribution < -0.4 is 19.5 Å². The number of rotatable bonds is 10. The second-order valence-electron chi connectivity index (χ2n) is 6.86. The summed E-state index contributed by atoms with van der Waals surface area (Å²) in [7, 11) is 1.56. The van der Waals surface area contributed by atoms with E-state index in [0.717, 1.165) is 11.1 Å². The molecule has 30 heavy (non-hydrogen) atoms. The minimum Gasteiger partial charge on any atom is -0.490 e. The lowest BCUT2D eigenvalue weighted by molar-refractivity contribution is -0.135. The van der Waals surface area contributed by atoms with Gasteiger partial charge in [0.05, 0.1) is 19.8 Å². The minimum absolute atomic E-state index is 0.0910. The smallest absolute Gasteiger partial charge is 0.260 e. The third kappa shape index (κ3) is 6.69. The Labute approximate surface area is 177 Å². The molecule has 7 heteroatoms. The van der Waals surface area contributed by atoms with Gasteiger partial charge in [0.15, 0.2) is 18.1 Å². The van der Waals surface area contributed by atoms with Crippen LogP contribution in [0.3, 0.4) is 0 Å². The van der Waals surface area contributed by atoms with E-state index in [4.69, 9.17) is 14.2 Å². The van der Waals surface area contributed by atoms with Crippen LogP contribution in [0.5, 0.6) is 17.2 Å². The first-order chi connectivity index (χ1) is 14.3. The van der Waals surface area contributed by atoms with Gasteiger partial charge in [0.25, 0.3) is 5.91 Å². The molecule has 0 aromatic heterocycles. The van der Waals surface area contributed by atoms with Gasteiger partial charge in [-0.3, -0.25) is 9.59 Å². The van der Waals surface area contributed by atoms with Gasteiger partial charge in [0.1, 0.15) is 5.75 Å². The molecular weight excluding hydrogens is 384 g/mol. The van der Waals surface area contributed by atoms with Crippen LogP contribution in [0.15, 0.2) is 36.4 Å². The molecule has 0 spiro atoms. The maximum atomic E-state index is 12.3. The molecule has 7 nitrogen and oxygen atoms in total. The van der Waals surface area contributed by atoms with Crippen LogP contribution in [-0.4, -0.2) is 50.1 Å². The van der Waals surface area contributed by atoms with Gasteiger partial charge in [0, 0.05) is 18.8 Å². The van der Waals surface area contributed by atoms with Crippen molar-refractivity contribution >= 4 is 17.5 Å². The third-order valence-corrected chi connectivity index (χ3v) is 4.47. The van der Waals surface area contributed by atoms with Crippen LogP contribution in [0.25, 0.3) is 0 Å². The van der Waals surface area contributed by atoms with Gasteiger partial charge in [0.2, 0.25) is 5.91 Å². The van der Waals surface area contributed by atoms with Crippen LogP contribution in [0.1, 0.15) is 25.0 Å². The number of amides is 2. The van der Waals surface area contributed by atoms with Crippen LogP contribution in [0, 0.1) is 13.8 Å². The first-order valence-corrected chi connectivity index (χ1v) is 9.97. The number of likely N-dealkylation sites (N-methyl/N-ethyl adjacent to an activating group) is 1. The zero-order valence-corrected chi connectivity index (χ0v) is 18.3. The summed E-state index contributed by atoms with van der Waals surface area (Å²) < 4.78 is 16.6. The summed E-state index contributed by atoms with van der Waals surface area (Å²) in [4.78, 5) is 26.0. The van der Waals surface area contributed by atoms with Crippen LogP contribution in [0.2, 0.25) is 0 Å². The molecule has 0 aliphatic rings. The van der Waals surface area contributed by atoms with Crippen molar-refractivity contribution in [2.75, 3.05) is 38.7 Å². The quantitative estimate of drug-likeness (QED) is 0.643. The van der Waals surface area contributed by atoms with Crippen molar-refractivity contribution in [2.45, 2.75) is 27.7 Å². The summed E-state index contributed by atoms with van der Waals surface area (Å²) >= 11 is 0. The molecule has 0 heterocycles. The average molecular weight is 415 g/mol. The normalized spacial score (nSPS) is 10.3. The number of nitrogens with zero attached hydrogens (tertiary/aromatic N) is 1. The van der Waals surface area contributed by atoms with Gasteiger partial charge in [-0.2, -0.15) is 0 Å². The first kappa shape index (κ1) is 23.1. The molecule has 162 valence electrons. The van der Waals surface area contributed by atoms with Crippen molar-refractivity contribution in [3.05, 3.63) is 47.5 Å². The monoisotopic (exact) mass is 414 g/mol. The molecule has 0 aliphatic carbocycles. The Bertz CT molecular complexity index is 882. The zero-order chi connectivity index (χ0) is 22.1. The maximum absolute atomic E-state index is 12.3. The number of ether oxygens (including phenoxy) is 3. The van der Waals surface area contributed by atoms with Gasteiger partial charge in [-0.05, 0) is 63.1 Å². The van der Waals surface area contributed by atoms with Crippen LogP contribution in [0.4, 0.5) is 5.69 Å². The van der Waals surface area contributed by atoms with Crippen molar-refractivity contribution < 1.29 is 23.8 Å². The molecule has 0 bridgehead atoms. The third-order valence-electron chi connectivity index (χ3n) is 4.47. The van der Waals surface area contributed by atoms with E-state index in [1.54, 1.807) is 25.2 Å². The molecule has 0 fully saturated rings. The van der Waals surface area contributed by atoms with Gasteiger partial charge in [-0.25, -0.2) is 0 Å². The average Bonchev–Trinajstić information content (AvgIpc) is 2.70. The van der Waals surface area contributed by atoms with Gasteiger partial charge in [-0.15, -0.1) is 0 Å². The molecule has 0 radical (unpaired) electrons. The Morgan fingerprint density at radius 2 is 1.60 bits per heavy atom. The molecule has 0 saturated heterocycles. The van der Waals surface area contributed by atoms with Crippen molar-refractivity contribution in [3.8, 4) is 17.2 Å². The lowest BCUT2D eigenvalue weighted by Gasteiger charge is -2.18. The molecule has 2 aromatic rings. The minimum atomic E-state index is -0.316. The Morgan fingerprint density at radius 1 is 0.900 bits per heavy atom. The summed E-state index contributed by atoms with van der Waals surface area (Å²) in [5.74, 6) is 1.20. The lowest BCUT2D eigenvalue weighted by Crippen LogP contribution is -2.37. The Balaban J connectivity index is 1.89. The highest BCUT2D eigenvalue weighted by Crippen LogP contribution is 2.30. The van der Waals surface area contributed by atoms with Crippen LogP contribution >= 0.6 is 0 Å². The molecule has 2 aromatic carbocycles. The van der Waals surface area contributed by atoms with Crippen molar-refractivity contribution in [1.29, 1.82) is 0 Å². The summed E-state index contributed by atoms with van der Waals surface area (Å²) in [5.41, 5.74) is 2.82. The van der Waals surface area contributed by atoms with E-state index in [9.17, 15) is 9.59 Å². The molecule has 0 aliphatic heterocycles. The van der Waals surface area contributed by atoms with E-state index in [-0.39, 0.29) is 25.0 Å². The van der Waals surface area contributed by atoms with E-state index in [0.29, 0.717) is 36.1 Å². The largest absolute Gasteiger partial charge is 0.490 e. The summed E-state index contributed by atoms with van der Waals surface area (Å²) in [6, 6.07) is 10.8. The summed E-state index contributed by atoms with van der Waals surface area (Å²) in [6.45, 7) is 8.54. The summed E-state index contributed by atoms with van der Waals surface area (Å²) in [5, 5.41) is 2.77. The predicted molar refractivity (Wildman–Crippen MR) is 116 cm³/mol. The first-order valence-electron chi connectivity index (χ1n) is 9.97. The number of carbonyl (C=O) groups is 2. The van der Waals surface area contributed by atoms with E-state index in [1.807, 2.05) is 45.9 Å². The molecular formula is C23H30N2O5. The fourth-order valence-corrected chi connectivity index (χ4v) is 2.69. The highest BCUT2D eigenvalue weighted by molar-refractivity contribution is 5.94. The van der Waals surface area contributed by atoms with Crippen molar-refractivity contribution in [3.63, 3.8) is 0 Å². The van der Waals surface area contributed by atoms with Gasteiger partial charge >= 0.3 is 0 Å². The topological polar surface area (TPSA) is 77.1 Å². The highest BCUT2D eigenvalue weighted by Gasteiger charge is 2.15. The number of anilines is 1. The second kappa shape index (κ2) is 11.1. The standard InChI is InChI=1S/C23H30N2O5/c1-6-28-20-11-9-18(13-21(20)29-7-2)24-22(26)14-25(5)23(27)15-30-19-10-8-16(3)17(4)12-19/h8-13H,6-7,14-15H2,1-5H3,(H,24,26). The second-order valence-corrected chi connectivity index (χ2v) is 6.86. The van der Waals surface area contributed by atoms with Crippen molar-refractivity contribution in [1.82, 2.24) is 4.90 Å². The summed E-state index contributed by atoms with van der Waals surface area (Å²) in [6.07, 6.45) is 0. The number of aryl methyl sites for hydroxylation is 2. The number of hydrogen-bond donors (Lipinski definition) is 1. The molecule has 2 amide bonds. The number of carbonyl (C=O) groups excluding carboxylic acids is 2. The number of nitrogens with one attached hydrogen (secondary N) is 1. The van der Waals surface area contributed by atoms with Gasteiger partial charge < -0.3 is 24.4 Å². The van der Waals surface area contributed by atoms with Crippen molar-refractivity contribution in [2.24, 2.45) is 0 Å². The number of benzene rings is 2.